The lowest BCUT2D eigenvalue weighted by Gasteiger charge is -2.23. The van der Waals surface area contributed by atoms with Crippen LogP contribution in [0.4, 0.5) is 0 Å². The van der Waals surface area contributed by atoms with Crippen molar-refractivity contribution < 1.29 is 9.47 Å². The SMILES string of the molecule is CCNC(=NCC1CCCN1CCOC)NCC1Cc2ccccc2O1.I. The van der Waals surface area contributed by atoms with E-state index in [-0.39, 0.29) is 30.1 Å². The number of benzene rings is 1. The number of fused-ring (bicyclic) bond motifs is 1. The number of rotatable bonds is 8. The zero-order valence-electron chi connectivity index (χ0n) is 16.4. The minimum absolute atomic E-state index is 0. The van der Waals surface area contributed by atoms with Crippen LogP contribution in [0.15, 0.2) is 29.3 Å². The summed E-state index contributed by atoms with van der Waals surface area (Å²) < 4.78 is 11.2. The highest BCUT2D eigenvalue weighted by Gasteiger charge is 2.24. The van der Waals surface area contributed by atoms with Crippen LogP contribution in [0.1, 0.15) is 25.3 Å². The molecule has 2 aliphatic heterocycles. The number of nitrogens with zero attached hydrogens (tertiary/aromatic N) is 2. The number of likely N-dealkylation sites (tertiary alicyclic amines) is 1. The predicted molar refractivity (Wildman–Crippen MR) is 120 cm³/mol. The highest BCUT2D eigenvalue weighted by molar-refractivity contribution is 14.0. The van der Waals surface area contributed by atoms with Gasteiger partial charge in [0.2, 0.25) is 0 Å². The van der Waals surface area contributed by atoms with Gasteiger partial charge < -0.3 is 20.1 Å². The number of hydrogen-bond donors (Lipinski definition) is 2. The zero-order valence-corrected chi connectivity index (χ0v) is 18.8. The van der Waals surface area contributed by atoms with Crippen molar-refractivity contribution >= 4 is 29.9 Å². The van der Waals surface area contributed by atoms with Gasteiger partial charge >= 0.3 is 0 Å². The maximum Gasteiger partial charge on any atom is 0.191 e. The summed E-state index contributed by atoms with van der Waals surface area (Å²) in [7, 11) is 1.76. The van der Waals surface area contributed by atoms with Crippen LogP contribution < -0.4 is 15.4 Å². The van der Waals surface area contributed by atoms with Gasteiger partial charge in [-0.2, -0.15) is 0 Å². The Bertz CT molecular complexity index is 574. The molecule has 0 aromatic heterocycles. The van der Waals surface area contributed by atoms with Gasteiger partial charge in [0, 0.05) is 32.7 Å². The van der Waals surface area contributed by atoms with Crippen molar-refractivity contribution in [2.75, 3.05) is 46.4 Å². The van der Waals surface area contributed by atoms with E-state index < -0.39 is 0 Å². The van der Waals surface area contributed by atoms with Gasteiger partial charge in [-0.05, 0) is 37.9 Å². The first-order valence-corrected chi connectivity index (χ1v) is 9.80. The molecule has 1 fully saturated rings. The number of hydrogen-bond acceptors (Lipinski definition) is 4. The molecule has 1 aromatic rings. The molecule has 1 aromatic carbocycles. The summed E-state index contributed by atoms with van der Waals surface area (Å²) in [5.74, 6) is 1.90. The Morgan fingerprint density at radius 1 is 1.33 bits per heavy atom. The Morgan fingerprint density at radius 3 is 2.96 bits per heavy atom. The number of ether oxygens (including phenoxy) is 2. The lowest BCUT2D eigenvalue weighted by Crippen LogP contribution is -2.43. The smallest absolute Gasteiger partial charge is 0.191 e. The molecule has 2 atom stereocenters. The average molecular weight is 488 g/mol. The zero-order chi connectivity index (χ0) is 18.2. The number of halogens is 1. The van der Waals surface area contributed by atoms with E-state index in [1.807, 2.05) is 12.1 Å². The van der Waals surface area contributed by atoms with Crippen LogP contribution in [-0.4, -0.2) is 69.4 Å². The first kappa shape index (κ1) is 22.2. The molecule has 0 bridgehead atoms. The summed E-state index contributed by atoms with van der Waals surface area (Å²) in [6.07, 6.45) is 3.59. The second-order valence-corrected chi connectivity index (χ2v) is 6.98. The highest BCUT2D eigenvalue weighted by atomic mass is 127. The number of guanidine groups is 1. The fraction of sp³-hybridized carbons (Fsp3) is 0.650. The van der Waals surface area contributed by atoms with E-state index in [2.05, 4.69) is 34.6 Å². The van der Waals surface area contributed by atoms with Gasteiger partial charge in [-0.25, -0.2) is 0 Å². The van der Waals surface area contributed by atoms with Gasteiger partial charge in [0.1, 0.15) is 11.9 Å². The topological polar surface area (TPSA) is 58.1 Å². The number of nitrogens with one attached hydrogen (secondary N) is 2. The molecule has 2 aliphatic rings. The van der Waals surface area contributed by atoms with E-state index in [0.29, 0.717) is 6.04 Å². The third-order valence-electron chi connectivity index (χ3n) is 5.10. The van der Waals surface area contributed by atoms with E-state index in [9.17, 15) is 0 Å². The van der Waals surface area contributed by atoms with E-state index in [1.165, 1.54) is 18.4 Å². The van der Waals surface area contributed by atoms with Crippen LogP contribution in [0, 0.1) is 0 Å². The third kappa shape index (κ3) is 6.50. The van der Waals surface area contributed by atoms with Crippen LogP contribution in [0.3, 0.4) is 0 Å². The molecule has 2 unspecified atom stereocenters. The molecule has 1 saturated heterocycles. The predicted octanol–water partition coefficient (Wildman–Crippen LogP) is 2.27. The summed E-state index contributed by atoms with van der Waals surface area (Å²) >= 11 is 0. The second kappa shape index (κ2) is 11.7. The molecule has 2 N–H and O–H groups in total. The van der Waals surface area contributed by atoms with E-state index in [0.717, 1.165) is 57.5 Å². The minimum atomic E-state index is 0. The number of para-hydroxylation sites is 1. The lowest BCUT2D eigenvalue weighted by atomic mass is 10.1. The monoisotopic (exact) mass is 488 g/mol. The van der Waals surface area contributed by atoms with E-state index in [1.54, 1.807) is 7.11 Å². The lowest BCUT2D eigenvalue weighted by molar-refractivity contribution is 0.142. The van der Waals surface area contributed by atoms with Crippen molar-refractivity contribution in [1.82, 2.24) is 15.5 Å². The molecule has 152 valence electrons. The van der Waals surface area contributed by atoms with Crippen molar-refractivity contribution in [2.24, 2.45) is 4.99 Å². The molecular formula is C20H33IN4O2. The maximum atomic E-state index is 6.01. The van der Waals surface area contributed by atoms with Gasteiger partial charge in [-0.1, -0.05) is 18.2 Å². The Hall–Kier alpha value is -1.06. The van der Waals surface area contributed by atoms with Crippen LogP contribution >= 0.6 is 24.0 Å². The molecule has 3 rings (SSSR count). The summed E-state index contributed by atoms with van der Waals surface area (Å²) in [4.78, 5) is 7.31. The van der Waals surface area contributed by atoms with Crippen molar-refractivity contribution in [1.29, 1.82) is 0 Å². The van der Waals surface area contributed by atoms with E-state index >= 15 is 0 Å². The summed E-state index contributed by atoms with van der Waals surface area (Å²) in [5.41, 5.74) is 1.29. The molecule has 27 heavy (non-hydrogen) atoms. The van der Waals surface area contributed by atoms with Crippen LogP contribution in [0.25, 0.3) is 0 Å². The maximum absolute atomic E-state index is 6.01. The van der Waals surface area contributed by atoms with Gasteiger partial charge in [0.05, 0.1) is 19.7 Å². The Kier molecular flexibility index (Phi) is 9.64. The molecule has 0 spiro atoms. The van der Waals surface area contributed by atoms with Crippen molar-refractivity contribution in [2.45, 2.75) is 38.3 Å². The van der Waals surface area contributed by atoms with Crippen LogP contribution in [0.5, 0.6) is 5.75 Å². The standard InChI is InChI=1S/C20H32N4O2.HI/c1-3-21-20(22-14-17-8-6-10-24(17)11-12-25-2)23-15-18-13-16-7-4-5-9-19(16)26-18;/h4-5,7,9,17-18H,3,6,8,10-15H2,1-2H3,(H2,21,22,23);1H. The molecular weight excluding hydrogens is 455 g/mol. The Morgan fingerprint density at radius 2 is 2.19 bits per heavy atom. The van der Waals surface area contributed by atoms with Crippen molar-refractivity contribution in [3.63, 3.8) is 0 Å². The summed E-state index contributed by atoms with van der Waals surface area (Å²) in [6, 6.07) is 8.80. The molecule has 7 heteroatoms. The molecule has 0 aliphatic carbocycles. The molecule has 2 heterocycles. The normalized spacial score (nSPS) is 22.1. The number of aliphatic imine (C=N–C) groups is 1. The molecule has 0 saturated carbocycles. The third-order valence-corrected chi connectivity index (χ3v) is 5.10. The Labute approximate surface area is 180 Å². The number of methoxy groups -OCH3 is 1. The summed E-state index contributed by atoms with van der Waals surface area (Å²) in [5, 5.41) is 6.80. The summed E-state index contributed by atoms with van der Waals surface area (Å²) in [6.45, 7) is 7.48. The Balaban J connectivity index is 0.00000261. The van der Waals surface area contributed by atoms with Gasteiger partial charge in [-0.15, -0.1) is 24.0 Å². The minimum Gasteiger partial charge on any atom is -0.488 e. The van der Waals surface area contributed by atoms with E-state index in [4.69, 9.17) is 14.5 Å². The average Bonchev–Trinajstić information content (AvgIpc) is 3.28. The molecule has 0 amide bonds. The van der Waals surface area contributed by atoms with Gasteiger partial charge in [0.15, 0.2) is 5.96 Å². The fourth-order valence-corrected chi connectivity index (χ4v) is 3.72. The largest absolute Gasteiger partial charge is 0.488 e. The van der Waals surface area contributed by atoms with Crippen LogP contribution in [0.2, 0.25) is 0 Å². The van der Waals surface area contributed by atoms with Crippen LogP contribution in [-0.2, 0) is 11.2 Å². The highest BCUT2D eigenvalue weighted by Crippen LogP contribution is 2.27. The van der Waals surface area contributed by atoms with Crippen molar-refractivity contribution in [3.8, 4) is 5.75 Å². The quantitative estimate of drug-likeness (QED) is 0.334. The van der Waals surface area contributed by atoms with Crippen molar-refractivity contribution in [3.05, 3.63) is 29.8 Å². The molecule has 0 radical (unpaired) electrons. The van der Waals surface area contributed by atoms with Gasteiger partial charge in [0.25, 0.3) is 0 Å². The first-order chi connectivity index (χ1) is 12.8. The molecule has 6 nitrogen and oxygen atoms in total. The first-order valence-electron chi connectivity index (χ1n) is 9.80. The second-order valence-electron chi connectivity index (χ2n) is 6.98. The van der Waals surface area contributed by atoms with Gasteiger partial charge in [-0.3, -0.25) is 9.89 Å². The fourth-order valence-electron chi connectivity index (χ4n) is 3.72.